The summed E-state index contributed by atoms with van der Waals surface area (Å²) >= 11 is 0. The van der Waals surface area contributed by atoms with Gasteiger partial charge in [0, 0.05) is 6.04 Å². The average molecular weight is 420 g/mol. The standard InChI is InChI=1S/C26H33N3O2/c1-26(2)17-9-14-20-15-16-21(29(20)25(31)23(26)27)24(30)28-22(18-10-5-3-6-11-18)19-12-7-4-8-13-19/h3-8,10-13,20-23H,9,14-17,27H2,1-2H3,(H,28,30)/t20-,21-,23+/m0/s1. The van der Waals surface area contributed by atoms with Gasteiger partial charge >= 0.3 is 0 Å². The van der Waals surface area contributed by atoms with Crippen molar-refractivity contribution >= 4 is 11.8 Å². The molecule has 164 valence electrons. The van der Waals surface area contributed by atoms with E-state index < -0.39 is 12.1 Å². The SMILES string of the molecule is CC1(C)CCC[C@H]2CC[C@@H](C(=O)NC(c3ccccc3)c3ccccc3)N2C(=O)[C@H]1N. The number of nitrogens with one attached hydrogen (secondary N) is 1. The molecular weight excluding hydrogens is 386 g/mol. The monoisotopic (exact) mass is 419 g/mol. The first kappa shape index (κ1) is 21.6. The highest BCUT2D eigenvalue weighted by atomic mass is 16.2. The summed E-state index contributed by atoms with van der Waals surface area (Å²) in [5, 5.41) is 3.24. The molecule has 2 heterocycles. The van der Waals surface area contributed by atoms with Gasteiger partial charge in [-0.15, -0.1) is 0 Å². The second kappa shape index (κ2) is 8.83. The van der Waals surface area contributed by atoms with Crippen molar-refractivity contribution in [3.63, 3.8) is 0 Å². The van der Waals surface area contributed by atoms with Gasteiger partial charge < -0.3 is 16.0 Å². The van der Waals surface area contributed by atoms with Gasteiger partial charge in [0.2, 0.25) is 11.8 Å². The van der Waals surface area contributed by atoms with Gasteiger partial charge in [-0.05, 0) is 42.2 Å². The normalized spacial score (nSPS) is 25.6. The maximum Gasteiger partial charge on any atom is 0.243 e. The predicted octanol–water partition coefficient (Wildman–Crippen LogP) is 3.79. The third kappa shape index (κ3) is 4.38. The summed E-state index contributed by atoms with van der Waals surface area (Å²) in [6.45, 7) is 4.11. The van der Waals surface area contributed by atoms with Crippen molar-refractivity contribution in [3.05, 3.63) is 71.8 Å². The Morgan fingerprint density at radius 2 is 1.58 bits per heavy atom. The number of nitrogens with two attached hydrogens (primary N) is 1. The molecule has 2 saturated heterocycles. The van der Waals surface area contributed by atoms with E-state index in [0.717, 1.165) is 36.8 Å². The van der Waals surface area contributed by atoms with Crippen LogP contribution in [0.4, 0.5) is 0 Å². The smallest absolute Gasteiger partial charge is 0.243 e. The molecule has 0 bridgehead atoms. The molecular formula is C26H33N3O2. The Bertz CT molecular complexity index is 873. The van der Waals surface area contributed by atoms with Crippen LogP contribution in [0, 0.1) is 5.41 Å². The number of carbonyl (C=O) groups is 2. The van der Waals surface area contributed by atoms with Gasteiger partial charge in [0.25, 0.3) is 0 Å². The lowest BCUT2D eigenvalue weighted by Gasteiger charge is -2.40. The fourth-order valence-electron chi connectivity index (χ4n) is 5.09. The molecule has 2 amide bonds. The molecule has 0 saturated carbocycles. The highest BCUT2D eigenvalue weighted by Gasteiger charge is 2.46. The van der Waals surface area contributed by atoms with E-state index in [4.69, 9.17) is 5.73 Å². The minimum absolute atomic E-state index is 0.0803. The van der Waals surface area contributed by atoms with Crippen molar-refractivity contribution < 1.29 is 9.59 Å². The van der Waals surface area contributed by atoms with Crippen molar-refractivity contribution in [2.45, 2.75) is 70.1 Å². The van der Waals surface area contributed by atoms with Crippen molar-refractivity contribution in [2.75, 3.05) is 0 Å². The van der Waals surface area contributed by atoms with Crippen molar-refractivity contribution in [3.8, 4) is 0 Å². The van der Waals surface area contributed by atoms with Crippen molar-refractivity contribution in [1.29, 1.82) is 0 Å². The lowest BCUT2D eigenvalue weighted by atomic mass is 9.77. The van der Waals surface area contributed by atoms with Gasteiger partial charge in [-0.25, -0.2) is 0 Å². The number of amides is 2. The number of benzene rings is 2. The molecule has 31 heavy (non-hydrogen) atoms. The number of rotatable bonds is 4. The van der Waals surface area contributed by atoms with Gasteiger partial charge in [0.1, 0.15) is 6.04 Å². The van der Waals surface area contributed by atoms with Crippen LogP contribution in [-0.2, 0) is 9.59 Å². The first-order chi connectivity index (χ1) is 14.9. The highest BCUT2D eigenvalue weighted by Crippen LogP contribution is 2.37. The summed E-state index contributed by atoms with van der Waals surface area (Å²) in [6, 6.07) is 18.7. The molecule has 0 aliphatic carbocycles. The molecule has 2 aromatic carbocycles. The van der Waals surface area contributed by atoms with Crippen LogP contribution in [0.1, 0.15) is 63.1 Å². The quantitative estimate of drug-likeness (QED) is 0.792. The molecule has 5 heteroatoms. The molecule has 4 rings (SSSR count). The minimum atomic E-state index is -0.581. The van der Waals surface area contributed by atoms with Crippen molar-refractivity contribution in [2.24, 2.45) is 11.1 Å². The van der Waals surface area contributed by atoms with Gasteiger partial charge in [-0.2, -0.15) is 0 Å². The maximum absolute atomic E-state index is 13.5. The Morgan fingerprint density at radius 3 is 2.16 bits per heavy atom. The number of hydrogen-bond acceptors (Lipinski definition) is 3. The number of nitrogens with zero attached hydrogens (tertiary/aromatic N) is 1. The largest absolute Gasteiger partial charge is 0.343 e. The van der Waals surface area contributed by atoms with Gasteiger partial charge in [-0.3, -0.25) is 9.59 Å². The molecule has 3 N–H and O–H groups in total. The molecule has 0 aromatic heterocycles. The Hall–Kier alpha value is -2.66. The first-order valence-electron chi connectivity index (χ1n) is 11.4. The van der Waals surface area contributed by atoms with Crippen LogP contribution in [0.15, 0.2) is 60.7 Å². The topological polar surface area (TPSA) is 75.4 Å². The highest BCUT2D eigenvalue weighted by molar-refractivity contribution is 5.91. The van der Waals surface area contributed by atoms with Crippen LogP contribution in [0.25, 0.3) is 0 Å². The molecule has 2 aliphatic heterocycles. The van der Waals surface area contributed by atoms with E-state index in [1.165, 1.54) is 0 Å². The number of fused-ring (bicyclic) bond motifs is 1. The Balaban J connectivity index is 1.60. The Labute approximate surface area is 185 Å². The minimum Gasteiger partial charge on any atom is -0.343 e. The van der Waals surface area contributed by atoms with E-state index in [2.05, 4.69) is 19.2 Å². The van der Waals surface area contributed by atoms with Crippen LogP contribution in [-0.4, -0.2) is 34.8 Å². The fraction of sp³-hybridized carbons (Fsp3) is 0.462. The van der Waals surface area contributed by atoms with E-state index in [-0.39, 0.29) is 29.3 Å². The molecule has 5 nitrogen and oxygen atoms in total. The van der Waals surface area contributed by atoms with E-state index >= 15 is 0 Å². The van der Waals surface area contributed by atoms with Crippen LogP contribution >= 0.6 is 0 Å². The van der Waals surface area contributed by atoms with Crippen LogP contribution in [0.5, 0.6) is 0 Å². The van der Waals surface area contributed by atoms with E-state index in [1.807, 2.05) is 65.6 Å². The Kier molecular flexibility index (Phi) is 6.15. The molecule has 2 fully saturated rings. The molecule has 0 spiro atoms. The van der Waals surface area contributed by atoms with E-state index in [9.17, 15) is 9.59 Å². The molecule has 0 unspecified atom stereocenters. The summed E-state index contributed by atoms with van der Waals surface area (Å²) < 4.78 is 0. The third-order valence-electron chi connectivity index (χ3n) is 7.08. The van der Waals surface area contributed by atoms with Gasteiger partial charge in [0.15, 0.2) is 0 Å². The summed E-state index contributed by atoms with van der Waals surface area (Å²) in [6.07, 6.45) is 4.45. The lowest BCUT2D eigenvalue weighted by Crippen LogP contribution is -2.58. The fourth-order valence-corrected chi connectivity index (χ4v) is 5.09. The zero-order valence-electron chi connectivity index (χ0n) is 18.5. The molecule has 0 radical (unpaired) electrons. The summed E-state index contributed by atoms with van der Waals surface area (Å²) in [5.74, 6) is -0.178. The zero-order valence-corrected chi connectivity index (χ0v) is 18.5. The maximum atomic E-state index is 13.5. The van der Waals surface area contributed by atoms with Crippen LogP contribution in [0.3, 0.4) is 0 Å². The number of hydrogen-bond donors (Lipinski definition) is 2. The predicted molar refractivity (Wildman–Crippen MR) is 122 cm³/mol. The molecule has 2 aromatic rings. The second-order valence-corrected chi connectivity index (χ2v) is 9.61. The van der Waals surface area contributed by atoms with Crippen molar-refractivity contribution in [1.82, 2.24) is 10.2 Å². The zero-order chi connectivity index (χ0) is 22.0. The molecule has 2 aliphatic rings. The van der Waals surface area contributed by atoms with E-state index in [1.54, 1.807) is 0 Å². The summed E-state index contributed by atoms with van der Waals surface area (Å²) in [7, 11) is 0. The summed E-state index contributed by atoms with van der Waals surface area (Å²) in [5.41, 5.74) is 8.19. The first-order valence-corrected chi connectivity index (χ1v) is 11.4. The lowest BCUT2D eigenvalue weighted by molar-refractivity contribution is -0.144. The van der Waals surface area contributed by atoms with Crippen LogP contribution < -0.4 is 11.1 Å². The Morgan fingerprint density at radius 1 is 1.00 bits per heavy atom. The third-order valence-corrected chi connectivity index (χ3v) is 7.08. The van der Waals surface area contributed by atoms with Crippen LogP contribution in [0.2, 0.25) is 0 Å². The molecule has 3 atom stereocenters. The summed E-state index contributed by atoms with van der Waals surface area (Å²) in [4.78, 5) is 28.7. The number of carbonyl (C=O) groups excluding carboxylic acids is 2. The average Bonchev–Trinajstić information content (AvgIpc) is 3.20. The second-order valence-electron chi connectivity index (χ2n) is 9.61. The van der Waals surface area contributed by atoms with E-state index in [0.29, 0.717) is 6.42 Å². The van der Waals surface area contributed by atoms with Gasteiger partial charge in [0.05, 0.1) is 12.1 Å². The van der Waals surface area contributed by atoms with Gasteiger partial charge in [-0.1, -0.05) is 80.9 Å².